The number of nitrogens with two attached hydrogens (primary N) is 1. The van der Waals surface area contributed by atoms with E-state index < -0.39 is 215 Å². The summed E-state index contributed by atoms with van der Waals surface area (Å²) >= 11 is 0. The second-order valence-corrected chi connectivity index (χ2v) is 23.9. The van der Waals surface area contributed by atoms with E-state index in [4.69, 9.17) is 49.7 Å². The summed E-state index contributed by atoms with van der Waals surface area (Å²) in [7, 11) is 0. The van der Waals surface area contributed by atoms with Gasteiger partial charge < -0.3 is 147 Å². The zero-order valence-corrected chi connectivity index (χ0v) is 52.5. The largest absolute Gasteiger partial charge is 0.494 e. The predicted molar refractivity (Wildman–Crippen MR) is 330 cm³/mol. The summed E-state index contributed by atoms with van der Waals surface area (Å²) in [5.74, 6) is -5.89. The van der Waals surface area contributed by atoms with E-state index in [9.17, 15) is 90.4 Å². The number of amides is 4. The number of aliphatic hydroxyl groups is 13. The fourth-order valence-electron chi connectivity index (χ4n) is 11.6. The first-order chi connectivity index (χ1) is 46.3. The number of benzene rings is 3. The number of carbonyl (C=O) groups is 4. The van der Waals surface area contributed by atoms with E-state index in [1.807, 2.05) is 6.92 Å². The first-order valence-corrected chi connectivity index (χ1v) is 31.2. The van der Waals surface area contributed by atoms with Crippen molar-refractivity contribution >= 4 is 41.8 Å². The van der Waals surface area contributed by atoms with Crippen molar-refractivity contribution in [2.75, 3.05) is 46.1 Å². The van der Waals surface area contributed by atoms with Crippen LogP contribution in [0.15, 0.2) is 78.9 Å². The third-order valence-electron chi connectivity index (χ3n) is 17.3. The Kier molecular flexibility index (Phi) is 26.7. The lowest BCUT2D eigenvalue weighted by atomic mass is 9.93. The van der Waals surface area contributed by atoms with Crippen molar-refractivity contribution in [2.24, 2.45) is 5.73 Å². The summed E-state index contributed by atoms with van der Waals surface area (Å²) in [6.45, 7) is 0.223. The number of ether oxygens (including phenoxy) is 7. The van der Waals surface area contributed by atoms with Crippen LogP contribution in [0.2, 0.25) is 0 Å². The molecule has 4 amide bonds. The summed E-state index contributed by atoms with van der Waals surface area (Å²) in [6, 6.07) is 8.92. The Morgan fingerprint density at radius 3 is 1.90 bits per heavy atom. The highest BCUT2D eigenvalue weighted by Crippen LogP contribution is 2.33. The van der Waals surface area contributed by atoms with Crippen LogP contribution < -0.4 is 52.4 Å². The molecule has 5 saturated heterocycles. The van der Waals surface area contributed by atoms with Crippen molar-refractivity contribution in [1.29, 1.82) is 10.8 Å². The number of carbonyl (C=O) groups excluding carboxylic acids is 5. The van der Waals surface area contributed by atoms with Gasteiger partial charge in [0.1, 0.15) is 121 Å². The number of nitrogens with one attached hydrogen (secondary N) is 9. The average Bonchev–Trinajstić information content (AvgIpc) is 1.78. The third kappa shape index (κ3) is 18.1. The molecule has 8 rings (SSSR count). The number of hydrogen-bond donors (Lipinski definition) is 23. The number of aliphatic hydroxyl groups excluding tert-OH is 13. The summed E-state index contributed by atoms with van der Waals surface area (Å²) in [5, 5.41) is 176. The van der Waals surface area contributed by atoms with Gasteiger partial charge in [0.05, 0.1) is 57.8 Å². The van der Waals surface area contributed by atoms with E-state index in [-0.39, 0.29) is 37.0 Å². The second-order valence-electron chi connectivity index (χ2n) is 23.9. The maximum atomic E-state index is 15.0. The maximum Gasteiger partial charge on any atom is 0.246 e. The van der Waals surface area contributed by atoms with Gasteiger partial charge in [-0.2, -0.15) is 0 Å². The van der Waals surface area contributed by atoms with Crippen LogP contribution in [0.5, 0.6) is 11.5 Å². The Morgan fingerprint density at radius 2 is 1.27 bits per heavy atom. The van der Waals surface area contributed by atoms with Gasteiger partial charge >= 0.3 is 0 Å². The molecule has 535 valence electrons. The Balaban J connectivity index is 1.00. The van der Waals surface area contributed by atoms with E-state index in [1.165, 1.54) is 30.6 Å². The van der Waals surface area contributed by atoms with Crippen LogP contribution in [0.25, 0.3) is 0 Å². The van der Waals surface area contributed by atoms with E-state index >= 15 is 0 Å². The first kappa shape index (κ1) is 75.4. The van der Waals surface area contributed by atoms with Crippen LogP contribution in [0.1, 0.15) is 36.5 Å². The molecular weight excluding hydrogens is 1290 g/mol. The molecule has 5 aliphatic heterocycles. The van der Waals surface area contributed by atoms with Gasteiger partial charge in [0.15, 0.2) is 24.4 Å². The van der Waals surface area contributed by atoms with E-state index in [2.05, 4.69) is 37.2 Å². The molecule has 97 heavy (non-hydrogen) atoms. The van der Waals surface area contributed by atoms with Crippen molar-refractivity contribution in [3.05, 3.63) is 95.6 Å². The van der Waals surface area contributed by atoms with Crippen molar-refractivity contribution < 1.29 is 124 Å². The Labute approximate surface area is 554 Å². The minimum atomic E-state index is -2.29. The zero-order valence-electron chi connectivity index (χ0n) is 52.5. The van der Waals surface area contributed by atoms with Crippen LogP contribution in [0.3, 0.4) is 0 Å². The molecule has 5 heterocycles. The highest BCUT2D eigenvalue weighted by molar-refractivity contribution is 5.96. The van der Waals surface area contributed by atoms with Gasteiger partial charge in [-0.3, -0.25) is 34.8 Å². The lowest BCUT2D eigenvalue weighted by Crippen LogP contribution is -2.69. The molecular formula is C61H86N11O25. The number of guanidine groups is 2. The topological polar surface area (TPSA) is 574 Å². The Morgan fingerprint density at radius 1 is 0.670 bits per heavy atom. The fourth-order valence-corrected chi connectivity index (χ4v) is 11.6. The van der Waals surface area contributed by atoms with Crippen molar-refractivity contribution in [1.82, 2.24) is 42.1 Å². The Hall–Kier alpha value is -7.41. The molecule has 0 saturated carbocycles. The van der Waals surface area contributed by atoms with Crippen molar-refractivity contribution in [3.63, 3.8) is 0 Å². The first-order valence-electron chi connectivity index (χ1n) is 31.2. The molecule has 1 radical (unpaired) electrons. The molecule has 3 aromatic rings. The van der Waals surface area contributed by atoms with Crippen LogP contribution in [-0.2, 0) is 60.7 Å². The highest BCUT2D eigenvalue weighted by Gasteiger charge is 2.54. The van der Waals surface area contributed by atoms with Crippen LogP contribution in [0, 0.1) is 10.8 Å². The van der Waals surface area contributed by atoms with Gasteiger partial charge in [-0.15, -0.1) is 0 Å². The fraction of sp³-hybridized carbons (Fsp3) is 0.590. The monoisotopic (exact) mass is 1370 g/mol. The molecule has 0 spiro atoms. The summed E-state index contributed by atoms with van der Waals surface area (Å²) in [5.41, 5.74) is 8.15. The van der Waals surface area contributed by atoms with E-state index in [0.29, 0.717) is 17.9 Å². The summed E-state index contributed by atoms with van der Waals surface area (Å²) in [6.07, 6.45) is -29.8. The van der Waals surface area contributed by atoms with Gasteiger partial charge in [0, 0.05) is 25.4 Å². The molecule has 3 aromatic carbocycles. The van der Waals surface area contributed by atoms with Gasteiger partial charge in [0.2, 0.25) is 36.2 Å². The SMILES string of the molecule is CCOc1ccc(COCC2OC(OC3C(CO)OC(Oc4ccc(C[C@H](NC(=O)[C@@H](N)C(C)c5ccccc5)C(=O)N[C@H](C(=O)N[C@H](C(=O)N[C@H]([C]=O)CO)C(O)C5CNC(=N)N5C5OC(CO)C(O)C(O)C5O)C(O)C5CNC(=N)N5)cc4)C(O)C3O)C(O)C(O)C2O)cc1. The molecule has 5 fully saturated rings. The van der Waals surface area contributed by atoms with Crippen LogP contribution in [0.4, 0.5) is 0 Å². The second kappa shape index (κ2) is 34.4. The lowest BCUT2D eigenvalue weighted by molar-refractivity contribution is -0.353. The van der Waals surface area contributed by atoms with Gasteiger partial charge in [0.25, 0.3) is 0 Å². The smallest absolute Gasteiger partial charge is 0.246 e. The highest BCUT2D eigenvalue weighted by atomic mass is 16.7. The predicted octanol–water partition coefficient (Wildman–Crippen LogP) is -9.75. The van der Waals surface area contributed by atoms with Crippen LogP contribution in [-0.4, -0.2) is 306 Å². The van der Waals surface area contributed by atoms with Gasteiger partial charge in [-0.1, -0.05) is 61.5 Å². The molecule has 5 aliphatic rings. The number of rotatable bonds is 31. The molecule has 36 heteroatoms. The minimum absolute atomic E-state index is 0.0437. The van der Waals surface area contributed by atoms with E-state index in [0.717, 1.165) is 10.5 Å². The van der Waals surface area contributed by atoms with Crippen molar-refractivity contribution in [3.8, 4) is 11.5 Å². The van der Waals surface area contributed by atoms with Crippen molar-refractivity contribution in [2.45, 2.75) is 179 Å². The molecule has 0 aliphatic carbocycles. The standard InChI is InChI=1S/C61H86N11O25/c1-3-92-31-13-11-28(12-14-31)24-91-25-38-45(80)47(82)50(85)59(96-38)97-52-37(23-76)95-58(51(86)48(52)83)93-32-15-9-27(10-16-32)17-33(68-54(88)39(62)26(2)29-7-5-4-6-8-29)53(87)70-40(42(77)34-18-65-60(63)69-34)56(90)71-41(55(89)67-30(20-73)21-74)43(78)35-19-66-61(64)72(35)57-49(84)46(81)44(79)36(22-75)94-57/h4-16,26,30,33-52,57-59,73,75-86H,3,17-20,22-25,62H2,1-2H3,(H2,64,66)(H,67,89)(H,68,88)(H,70,87)(H,71,90)(H3,63,65,69)/t26?,30-,33-,34?,35?,36?,37?,38?,39-,40-,41-,42?,43?,44?,45?,46?,47?,48?,49?,50?,51?,52?,57?,58?,59?/m0/s1. The molecule has 20 unspecified atom stereocenters. The summed E-state index contributed by atoms with van der Waals surface area (Å²) in [4.78, 5) is 70.9. The Bertz CT molecular complexity index is 3100. The lowest BCUT2D eigenvalue weighted by Gasteiger charge is -2.46. The van der Waals surface area contributed by atoms with Crippen LogP contribution >= 0.6 is 0 Å². The third-order valence-corrected chi connectivity index (χ3v) is 17.3. The minimum Gasteiger partial charge on any atom is -0.494 e. The molecule has 25 atom stereocenters. The number of hydrogen-bond acceptors (Lipinski definition) is 28. The average molecular weight is 1370 g/mol. The van der Waals surface area contributed by atoms with Gasteiger partial charge in [-0.25, -0.2) is 0 Å². The molecule has 0 bridgehead atoms. The quantitative estimate of drug-likeness (QED) is 0.0284. The molecule has 24 N–H and O–H groups in total. The van der Waals surface area contributed by atoms with Gasteiger partial charge in [-0.05, 0) is 47.9 Å². The number of nitrogens with zero attached hydrogens (tertiary/aromatic N) is 1. The normalized spacial score (nSPS) is 31.3. The van der Waals surface area contributed by atoms with E-state index in [1.54, 1.807) is 61.5 Å². The molecule has 0 aromatic heterocycles. The zero-order chi connectivity index (χ0) is 70.5. The molecule has 36 nitrogen and oxygen atoms in total. The maximum absolute atomic E-state index is 15.0. The summed E-state index contributed by atoms with van der Waals surface area (Å²) < 4.78 is 40.3.